The second kappa shape index (κ2) is 7.63. The molecule has 0 aliphatic carbocycles. The van der Waals surface area contributed by atoms with Crippen molar-refractivity contribution in [1.82, 2.24) is 5.32 Å². The summed E-state index contributed by atoms with van der Waals surface area (Å²) in [6.07, 6.45) is -0.273. The lowest BCUT2D eigenvalue weighted by molar-refractivity contribution is -0.137. The van der Waals surface area contributed by atoms with Crippen molar-refractivity contribution in [2.75, 3.05) is 6.54 Å². The van der Waals surface area contributed by atoms with E-state index >= 15 is 0 Å². The number of carboxylic acids is 1. The Balaban J connectivity index is 2.37. The number of carbonyl (C=O) groups excluding carboxylic acids is 1. The molecule has 1 aromatic carbocycles. The fourth-order valence-electron chi connectivity index (χ4n) is 1.38. The molecule has 6 heteroatoms. The summed E-state index contributed by atoms with van der Waals surface area (Å²) in [4.78, 5) is 22.0. The largest absolute Gasteiger partial charge is 0.481 e. The SMILES string of the molecule is CC(Oc1ccccc1Cl)C(=O)NCCCC(=O)O. The first-order valence-corrected chi connectivity index (χ1v) is 6.29. The third-order valence-corrected chi connectivity index (χ3v) is 2.69. The summed E-state index contributed by atoms with van der Waals surface area (Å²) < 4.78 is 5.42. The molecule has 0 aliphatic rings. The zero-order valence-corrected chi connectivity index (χ0v) is 11.3. The number of carboxylic acid groups (broad SMARTS) is 1. The molecular formula is C13H16ClNO4. The second-order valence-electron chi connectivity index (χ2n) is 3.98. The summed E-state index contributed by atoms with van der Waals surface area (Å²) in [6, 6.07) is 6.88. The van der Waals surface area contributed by atoms with Crippen molar-refractivity contribution in [3.8, 4) is 5.75 Å². The Kier molecular flexibility index (Phi) is 6.15. The van der Waals surface area contributed by atoms with Crippen LogP contribution in [-0.4, -0.2) is 29.6 Å². The first-order chi connectivity index (χ1) is 9.00. The van der Waals surface area contributed by atoms with Gasteiger partial charge in [-0.15, -0.1) is 0 Å². The molecule has 0 heterocycles. The maximum atomic E-state index is 11.7. The average Bonchev–Trinajstić information content (AvgIpc) is 2.36. The van der Waals surface area contributed by atoms with Crippen LogP contribution in [0.1, 0.15) is 19.8 Å². The summed E-state index contributed by atoms with van der Waals surface area (Å²) in [7, 11) is 0. The third-order valence-electron chi connectivity index (χ3n) is 2.38. The minimum absolute atomic E-state index is 0.0278. The Bertz CT molecular complexity index is 450. The summed E-state index contributed by atoms with van der Waals surface area (Å²) >= 11 is 5.91. The molecule has 0 bridgehead atoms. The van der Waals surface area contributed by atoms with Gasteiger partial charge in [0.2, 0.25) is 0 Å². The molecule has 1 rings (SSSR count). The van der Waals surface area contributed by atoms with Gasteiger partial charge in [-0.25, -0.2) is 0 Å². The summed E-state index contributed by atoms with van der Waals surface area (Å²) in [6.45, 7) is 1.91. The van der Waals surface area contributed by atoms with Crippen LogP contribution in [0.4, 0.5) is 0 Å². The minimum atomic E-state index is -0.880. The Hall–Kier alpha value is -1.75. The van der Waals surface area contributed by atoms with Gasteiger partial charge in [-0.2, -0.15) is 0 Å². The zero-order chi connectivity index (χ0) is 14.3. The molecule has 1 unspecified atom stereocenters. The first-order valence-electron chi connectivity index (χ1n) is 5.91. The van der Waals surface area contributed by atoms with Crippen LogP contribution < -0.4 is 10.1 Å². The number of amides is 1. The topological polar surface area (TPSA) is 75.6 Å². The van der Waals surface area contributed by atoms with Crippen LogP contribution in [-0.2, 0) is 9.59 Å². The number of rotatable bonds is 7. The van der Waals surface area contributed by atoms with Gasteiger partial charge in [0, 0.05) is 13.0 Å². The van der Waals surface area contributed by atoms with Crippen molar-refractivity contribution >= 4 is 23.5 Å². The van der Waals surface area contributed by atoms with Crippen LogP contribution in [0, 0.1) is 0 Å². The maximum absolute atomic E-state index is 11.7. The highest BCUT2D eigenvalue weighted by Crippen LogP contribution is 2.24. The number of ether oxygens (including phenoxy) is 1. The molecule has 0 fully saturated rings. The van der Waals surface area contributed by atoms with E-state index in [-0.39, 0.29) is 12.3 Å². The first kappa shape index (κ1) is 15.3. The number of halogens is 1. The average molecular weight is 286 g/mol. The molecule has 19 heavy (non-hydrogen) atoms. The predicted molar refractivity (Wildman–Crippen MR) is 71.4 cm³/mol. The lowest BCUT2D eigenvalue weighted by Gasteiger charge is -2.15. The van der Waals surface area contributed by atoms with E-state index in [4.69, 9.17) is 21.4 Å². The standard InChI is InChI=1S/C13H16ClNO4/c1-9(13(18)15-8-4-7-12(16)17)19-11-6-3-2-5-10(11)14/h2-3,5-6,9H,4,7-8H2,1H3,(H,15,18)(H,16,17). The van der Waals surface area contributed by atoms with Gasteiger partial charge in [-0.3, -0.25) is 9.59 Å². The second-order valence-corrected chi connectivity index (χ2v) is 4.39. The van der Waals surface area contributed by atoms with Crippen molar-refractivity contribution in [3.05, 3.63) is 29.3 Å². The minimum Gasteiger partial charge on any atom is -0.481 e. The molecular weight excluding hydrogens is 270 g/mol. The van der Waals surface area contributed by atoms with Crippen molar-refractivity contribution in [3.63, 3.8) is 0 Å². The maximum Gasteiger partial charge on any atom is 0.303 e. The Morgan fingerprint density at radius 2 is 2.11 bits per heavy atom. The van der Waals surface area contributed by atoms with Gasteiger partial charge in [0.1, 0.15) is 5.75 Å². The smallest absolute Gasteiger partial charge is 0.303 e. The van der Waals surface area contributed by atoms with Crippen LogP contribution >= 0.6 is 11.6 Å². The van der Waals surface area contributed by atoms with Crippen LogP contribution in [0.2, 0.25) is 5.02 Å². The highest BCUT2D eigenvalue weighted by Gasteiger charge is 2.15. The van der Waals surface area contributed by atoms with Gasteiger partial charge >= 0.3 is 5.97 Å². The van der Waals surface area contributed by atoms with E-state index in [0.29, 0.717) is 23.7 Å². The number of carbonyl (C=O) groups is 2. The Labute approximate surface area is 116 Å². The number of benzene rings is 1. The lowest BCUT2D eigenvalue weighted by Crippen LogP contribution is -2.37. The van der Waals surface area contributed by atoms with Crippen LogP contribution in [0.25, 0.3) is 0 Å². The number of para-hydroxylation sites is 1. The molecule has 0 spiro atoms. The van der Waals surface area contributed by atoms with E-state index in [0.717, 1.165) is 0 Å². The Morgan fingerprint density at radius 3 is 2.74 bits per heavy atom. The molecule has 5 nitrogen and oxygen atoms in total. The summed E-state index contributed by atoms with van der Waals surface area (Å²) in [5.41, 5.74) is 0. The van der Waals surface area contributed by atoms with E-state index in [1.807, 2.05) is 0 Å². The van der Waals surface area contributed by atoms with Crippen LogP contribution in [0.5, 0.6) is 5.75 Å². The molecule has 0 saturated carbocycles. The number of hydrogen-bond acceptors (Lipinski definition) is 3. The van der Waals surface area contributed by atoms with Crippen LogP contribution in [0.3, 0.4) is 0 Å². The summed E-state index contributed by atoms with van der Waals surface area (Å²) in [5.74, 6) is -0.739. The van der Waals surface area contributed by atoms with Gasteiger partial charge in [0.15, 0.2) is 6.10 Å². The summed E-state index contributed by atoms with van der Waals surface area (Å²) in [5, 5.41) is 11.5. The predicted octanol–water partition coefficient (Wildman–Crippen LogP) is 2.09. The Morgan fingerprint density at radius 1 is 1.42 bits per heavy atom. The number of hydrogen-bond donors (Lipinski definition) is 2. The quantitative estimate of drug-likeness (QED) is 0.752. The van der Waals surface area contributed by atoms with Crippen molar-refractivity contribution < 1.29 is 19.4 Å². The van der Waals surface area contributed by atoms with E-state index in [9.17, 15) is 9.59 Å². The van der Waals surface area contributed by atoms with Gasteiger partial charge in [0.25, 0.3) is 5.91 Å². The normalized spacial score (nSPS) is 11.7. The fraction of sp³-hybridized carbons (Fsp3) is 0.385. The van der Waals surface area contributed by atoms with E-state index in [1.54, 1.807) is 31.2 Å². The van der Waals surface area contributed by atoms with Crippen LogP contribution in [0.15, 0.2) is 24.3 Å². The molecule has 104 valence electrons. The van der Waals surface area contributed by atoms with Gasteiger partial charge in [-0.05, 0) is 25.5 Å². The zero-order valence-electron chi connectivity index (χ0n) is 10.6. The van der Waals surface area contributed by atoms with Crippen molar-refractivity contribution in [2.24, 2.45) is 0 Å². The van der Waals surface area contributed by atoms with Crippen molar-refractivity contribution in [2.45, 2.75) is 25.9 Å². The van der Waals surface area contributed by atoms with Crippen molar-refractivity contribution in [1.29, 1.82) is 0 Å². The molecule has 1 aromatic rings. The third kappa shape index (κ3) is 5.61. The highest BCUT2D eigenvalue weighted by molar-refractivity contribution is 6.32. The molecule has 1 amide bonds. The number of aliphatic carboxylic acids is 1. The molecule has 0 aliphatic heterocycles. The van der Waals surface area contributed by atoms with Gasteiger partial charge < -0.3 is 15.2 Å². The van der Waals surface area contributed by atoms with E-state index in [1.165, 1.54) is 0 Å². The lowest BCUT2D eigenvalue weighted by atomic mass is 10.3. The monoisotopic (exact) mass is 285 g/mol. The molecule has 1 atom stereocenters. The highest BCUT2D eigenvalue weighted by atomic mass is 35.5. The van der Waals surface area contributed by atoms with Gasteiger partial charge in [0.05, 0.1) is 5.02 Å². The number of nitrogens with one attached hydrogen (secondary N) is 1. The van der Waals surface area contributed by atoms with E-state index in [2.05, 4.69) is 5.32 Å². The molecule has 0 radical (unpaired) electrons. The van der Waals surface area contributed by atoms with E-state index < -0.39 is 12.1 Å². The molecule has 2 N–H and O–H groups in total. The fourth-order valence-corrected chi connectivity index (χ4v) is 1.56. The van der Waals surface area contributed by atoms with Gasteiger partial charge in [-0.1, -0.05) is 23.7 Å². The molecule has 0 saturated heterocycles. The molecule has 0 aromatic heterocycles.